The molecule has 27 heavy (non-hydrogen) atoms. The van der Waals surface area contributed by atoms with Crippen LogP contribution < -0.4 is 10.6 Å². The summed E-state index contributed by atoms with van der Waals surface area (Å²) in [5, 5.41) is 17.9. The second kappa shape index (κ2) is 8.31. The van der Waals surface area contributed by atoms with Gasteiger partial charge in [0.15, 0.2) is 5.96 Å². The van der Waals surface area contributed by atoms with Gasteiger partial charge in [-0.15, -0.1) is 0 Å². The number of nitro benzene ring substituents is 1. The van der Waals surface area contributed by atoms with Crippen molar-refractivity contribution in [3.05, 3.63) is 75.7 Å². The van der Waals surface area contributed by atoms with Gasteiger partial charge in [0.05, 0.1) is 4.92 Å². The Kier molecular flexibility index (Phi) is 5.65. The summed E-state index contributed by atoms with van der Waals surface area (Å²) in [4.78, 5) is 17.6. The molecule has 0 saturated heterocycles. The number of guanidine groups is 1. The summed E-state index contributed by atoms with van der Waals surface area (Å²) in [6, 6.07) is 11.1. The average molecular weight is 369 g/mol. The summed E-state index contributed by atoms with van der Waals surface area (Å²) >= 11 is 0. The topological polar surface area (TPSA) is 95.3 Å². The van der Waals surface area contributed by atoms with Crippen molar-refractivity contribution < 1.29 is 9.31 Å². The lowest BCUT2D eigenvalue weighted by atomic mass is 10.1. The minimum absolute atomic E-state index is 0.0661. The number of halogens is 1. The highest BCUT2D eigenvalue weighted by Gasteiger charge is 2.06. The first-order valence-corrected chi connectivity index (χ1v) is 8.50. The molecular weight excluding hydrogens is 349 g/mol. The molecule has 1 heterocycles. The highest BCUT2D eigenvalue weighted by molar-refractivity contribution is 5.83. The van der Waals surface area contributed by atoms with Crippen molar-refractivity contribution in [2.24, 2.45) is 4.99 Å². The number of rotatable bonds is 6. The number of H-pyrrole nitrogens is 1. The van der Waals surface area contributed by atoms with Gasteiger partial charge in [-0.1, -0.05) is 12.1 Å². The molecule has 1 aromatic heterocycles. The van der Waals surface area contributed by atoms with Gasteiger partial charge >= 0.3 is 0 Å². The summed E-state index contributed by atoms with van der Waals surface area (Å²) < 4.78 is 13.4. The molecule has 7 nitrogen and oxygen atoms in total. The second-order valence-electron chi connectivity index (χ2n) is 6.03. The molecule has 0 unspecified atom stereocenters. The summed E-state index contributed by atoms with van der Waals surface area (Å²) in [6.45, 7) is 1.12. The molecule has 140 valence electrons. The average Bonchev–Trinajstić information content (AvgIpc) is 3.07. The number of nitrogens with zero attached hydrogens (tertiary/aromatic N) is 2. The van der Waals surface area contributed by atoms with E-state index in [0.29, 0.717) is 25.5 Å². The molecule has 0 radical (unpaired) electrons. The summed E-state index contributed by atoms with van der Waals surface area (Å²) in [5.74, 6) is 0.372. The number of nitro groups is 1. The Hall–Kier alpha value is -3.42. The predicted octanol–water partition coefficient (Wildman–Crippen LogP) is 3.12. The Morgan fingerprint density at radius 1 is 1.22 bits per heavy atom. The van der Waals surface area contributed by atoms with Gasteiger partial charge in [-0.05, 0) is 35.7 Å². The molecule has 0 aliphatic carbocycles. The lowest BCUT2D eigenvalue weighted by molar-refractivity contribution is -0.384. The van der Waals surface area contributed by atoms with Crippen LogP contribution >= 0.6 is 0 Å². The Balaban J connectivity index is 1.51. The third-order valence-corrected chi connectivity index (χ3v) is 4.25. The van der Waals surface area contributed by atoms with E-state index in [4.69, 9.17) is 0 Å². The quantitative estimate of drug-likeness (QED) is 0.269. The van der Waals surface area contributed by atoms with E-state index < -0.39 is 4.92 Å². The minimum atomic E-state index is -0.422. The first-order chi connectivity index (χ1) is 13.1. The van der Waals surface area contributed by atoms with E-state index in [-0.39, 0.29) is 11.5 Å². The van der Waals surface area contributed by atoms with Crippen LogP contribution in [0.25, 0.3) is 10.9 Å². The number of aromatic nitrogens is 1. The molecule has 0 aliphatic heterocycles. The van der Waals surface area contributed by atoms with E-state index in [9.17, 15) is 14.5 Å². The van der Waals surface area contributed by atoms with Crippen LogP contribution in [0.3, 0.4) is 0 Å². The fraction of sp³-hybridized carbons (Fsp3) is 0.211. The predicted molar refractivity (Wildman–Crippen MR) is 103 cm³/mol. The monoisotopic (exact) mass is 369 g/mol. The smallest absolute Gasteiger partial charge is 0.269 e. The SMILES string of the molecule is CN=C(NCCc1c[nH]c2ccc(F)cc12)NCc1ccc([N+](=O)[O-])cc1. The Labute approximate surface area is 155 Å². The van der Waals surface area contributed by atoms with Crippen LogP contribution in [0.15, 0.2) is 53.7 Å². The van der Waals surface area contributed by atoms with Gasteiger partial charge in [-0.25, -0.2) is 4.39 Å². The van der Waals surface area contributed by atoms with Gasteiger partial charge in [0.1, 0.15) is 5.82 Å². The van der Waals surface area contributed by atoms with Crippen LogP contribution in [-0.4, -0.2) is 29.5 Å². The highest BCUT2D eigenvalue weighted by atomic mass is 19.1. The van der Waals surface area contributed by atoms with Gasteiger partial charge in [-0.2, -0.15) is 0 Å². The number of fused-ring (bicyclic) bond motifs is 1. The van der Waals surface area contributed by atoms with E-state index in [2.05, 4.69) is 20.6 Å². The van der Waals surface area contributed by atoms with E-state index in [1.807, 2.05) is 6.20 Å². The van der Waals surface area contributed by atoms with Crippen molar-refractivity contribution in [3.63, 3.8) is 0 Å². The molecule has 0 saturated carbocycles. The normalized spacial score (nSPS) is 11.6. The van der Waals surface area contributed by atoms with E-state index in [0.717, 1.165) is 22.0 Å². The number of aromatic amines is 1. The Morgan fingerprint density at radius 2 is 2.00 bits per heavy atom. The number of non-ortho nitro benzene ring substituents is 1. The lowest BCUT2D eigenvalue weighted by Gasteiger charge is -2.11. The maximum Gasteiger partial charge on any atom is 0.269 e. The summed E-state index contributed by atoms with van der Waals surface area (Å²) in [6.07, 6.45) is 2.60. The zero-order valence-corrected chi connectivity index (χ0v) is 14.8. The largest absolute Gasteiger partial charge is 0.361 e. The molecule has 3 N–H and O–H groups in total. The minimum Gasteiger partial charge on any atom is -0.361 e. The molecule has 0 amide bonds. The van der Waals surface area contributed by atoms with Gasteiger partial charge in [-0.3, -0.25) is 15.1 Å². The maximum atomic E-state index is 13.4. The molecule has 0 atom stereocenters. The van der Waals surface area contributed by atoms with Gasteiger partial charge in [0.2, 0.25) is 0 Å². The second-order valence-corrected chi connectivity index (χ2v) is 6.03. The van der Waals surface area contributed by atoms with Crippen LogP contribution in [0, 0.1) is 15.9 Å². The zero-order valence-electron chi connectivity index (χ0n) is 14.8. The summed E-state index contributed by atoms with van der Waals surface area (Å²) in [7, 11) is 1.67. The van der Waals surface area contributed by atoms with E-state index in [1.165, 1.54) is 24.3 Å². The van der Waals surface area contributed by atoms with Crippen LogP contribution in [0.5, 0.6) is 0 Å². The van der Waals surface area contributed by atoms with Crippen LogP contribution in [0.2, 0.25) is 0 Å². The molecule has 0 spiro atoms. The highest BCUT2D eigenvalue weighted by Crippen LogP contribution is 2.19. The molecule has 8 heteroatoms. The maximum absolute atomic E-state index is 13.4. The Bertz CT molecular complexity index is 966. The first-order valence-electron chi connectivity index (χ1n) is 8.50. The van der Waals surface area contributed by atoms with Gasteiger partial charge in [0, 0.05) is 49.4 Å². The number of hydrogen-bond donors (Lipinski definition) is 3. The molecule has 0 bridgehead atoms. The van der Waals surface area contributed by atoms with Crippen molar-refractivity contribution in [1.29, 1.82) is 0 Å². The number of hydrogen-bond acceptors (Lipinski definition) is 3. The van der Waals surface area contributed by atoms with Crippen molar-refractivity contribution >= 4 is 22.5 Å². The molecule has 2 aromatic carbocycles. The fourth-order valence-corrected chi connectivity index (χ4v) is 2.81. The Morgan fingerprint density at radius 3 is 2.70 bits per heavy atom. The molecule has 3 aromatic rings. The van der Waals surface area contributed by atoms with Crippen LogP contribution in [0.4, 0.5) is 10.1 Å². The van der Waals surface area contributed by atoms with Gasteiger partial charge in [0.25, 0.3) is 5.69 Å². The fourth-order valence-electron chi connectivity index (χ4n) is 2.81. The molecule has 3 rings (SSSR count). The van der Waals surface area contributed by atoms with Crippen molar-refractivity contribution in [3.8, 4) is 0 Å². The third kappa shape index (κ3) is 4.60. The standard InChI is InChI=1S/C19H20FN5O2/c1-21-19(24-11-13-2-5-16(6-3-13)25(26)27)22-9-8-14-12-23-18-7-4-15(20)10-17(14)18/h2-7,10,12,23H,8-9,11H2,1H3,(H2,21,22,24). The molecular formula is C19H20FN5O2. The summed E-state index contributed by atoms with van der Waals surface area (Å²) in [5.41, 5.74) is 2.92. The van der Waals surface area contributed by atoms with Crippen molar-refractivity contribution in [1.82, 2.24) is 15.6 Å². The van der Waals surface area contributed by atoms with Crippen LogP contribution in [0.1, 0.15) is 11.1 Å². The number of nitrogens with one attached hydrogen (secondary N) is 3. The van der Waals surface area contributed by atoms with E-state index >= 15 is 0 Å². The van der Waals surface area contributed by atoms with Crippen molar-refractivity contribution in [2.45, 2.75) is 13.0 Å². The lowest BCUT2D eigenvalue weighted by Crippen LogP contribution is -2.37. The zero-order chi connectivity index (χ0) is 19.2. The molecule has 0 fully saturated rings. The van der Waals surface area contributed by atoms with Crippen molar-refractivity contribution in [2.75, 3.05) is 13.6 Å². The number of aliphatic imine (C=N–C) groups is 1. The first kappa shape index (κ1) is 18.4. The van der Waals surface area contributed by atoms with E-state index in [1.54, 1.807) is 25.2 Å². The molecule has 0 aliphatic rings. The third-order valence-electron chi connectivity index (χ3n) is 4.25. The van der Waals surface area contributed by atoms with Crippen LogP contribution in [-0.2, 0) is 13.0 Å². The number of benzene rings is 2. The van der Waals surface area contributed by atoms with Gasteiger partial charge < -0.3 is 15.6 Å².